The van der Waals surface area contributed by atoms with Gasteiger partial charge in [-0.1, -0.05) is 26.0 Å². The van der Waals surface area contributed by atoms with Gasteiger partial charge in [0, 0.05) is 19.2 Å². The van der Waals surface area contributed by atoms with Crippen LogP contribution in [0.4, 0.5) is 5.69 Å². The summed E-state index contributed by atoms with van der Waals surface area (Å²) in [5.41, 5.74) is 1.71. The predicted molar refractivity (Wildman–Crippen MR) is 96.9 cm³/mol. The summed E-state index contributed by atoms with van der Waals surface area (Å²) >= 11 is 5.04. The zero-order valence-electron chi connectivity index (χ0n) is 13.7. The summed E-state index contributed by atoms with van der Waals surface area (Å²) in [7, 11) is 0. The maximum atomic E-state index is 11.0. The van der Waals surface area contributed by atoms with Gasteiger partial charge in [0.1, 0.15) is 0 Å². The van der Waals surface area contributed by atoms with E-state index < -0.39 is 0 Å². The van der Waals surface area contributed by atoms with Crippen LogP contribution in [0.25, 0.3) is 0 Å². The van der Waals surface area contributed by atoms with E-state index in [2.05, 4.69) is 15.6 Å². The largest absolute Gasteiger partial charge is 0.437 e. The number of aryl methyl sites for hydroxylation is 1. The van der Waals surface area contributed by atoms with Crippen LogP contribution in [-0.2, 0) is 4.79 Å². The molecule has 2 aromatic rings. The molecule has 0 aliphatic heterocycles. The first-order valence-corrected chi connectivity index (χ1v) is 7.73. The van der Waals surface area contributed by atoms with Crippen LogP contribution in [-0.4, -0.2) is 16.0 Å². The number of carbonyl (C=O) groups is 1. The minimum absolute atomic E-state index is 0.218. The van der Waals surface area contributed by atoms with Crippen LogP contribution in [0, 0.1) is 6.92 Å². The van der Waals surface area contributed by atoms with Crippen LogP contribution >= 0.6 is 12.2 Å². The van der Waals surface area contributed by atoms with Crippen LogP contribution in [0.2, 0.25) is 0 Å². The van der Waals surface area contributed by atoms with Crippen molar-refractivity contribution in [1.29, 1.82) is 0 Å². The van der Waals surface area contributed by atoms with Crippen molar-refractivity contribution in [3.8, 4) is 11.6 Å². The van der Waals surface area contributed by atoms with Crippen LogP contribution in [0.5, 0.6) is 11.6 Å². The van der Waals surface area contributed by atoms with E-state index in [1.54, 1.807) is 18.3 Å². The first-order chi connectivity index (χ1) is 11.0. The van der Waals surface area contributed by atoms with Crippen LogP contribution < -0.4 is 15.4 Å². The third-order valence-corrected chi connectivity index (χ3v) is 2.73. The van der Waals surface area contributed by atoms with Gasteiger partial charge in [0.15, 0.2) is 10.9 Å². The van der Waals surface area contributed by atoms with Gasteiger partial charge in [-0.3, -0.25) is 4.79 Å². The Morgan fingerprint density at radius 2 is 1.91 bits per heavy atom. The SMILES string of the molecule is CC.CC(=O)NC(=S)Nc1ccccc1Oc1cc(C)ccn1. The first kappa shape index (κ1) is 18.6. The summed E-state index contributed by atoms with van der Waals surface area (Å²) in [6, 6.07) is 11.0. The molecule has 122 valence electrons. The second-order valence-corrected chi connectivity index (χ2v) is 4.81. The standard InChI is InChI=1S/C15H15N3O2S.C2H6/c1-10-7-8-16-14(9-10)20-13-6-4-3-5-12(13)18-15(21)17-11(2)19;1-2/h3-9H,1-2H3,(H2,17,18,19,21);1-2H3. The van der Waals surface area contributed by atoms with Gasteiger partial charge in [0.05, 0.1) is 5.69 Å². The Morgan fingerprint density at radius 3 is 2.57 bits per heavy atom. The Hall–Kier alpha value is -2.47. The second kappa shape index (κ2) is 9.53. The fourth-order valence-corrected chi connectivity index (χ4v) is 1.90. The van der Waals surface area contributed by atoms with Crippen molar-refractivity contribution in [2.24, 2.45) is 0 Å². The number of benzene rings is 1. The third kappa shape index (κ3) is 6.44. The zero-order chi connectivity index (χ0) is 17.2. The molecule has 0 saturated carbocycles. The van der Waals surface area contributed by atoms with Gasteiger partial charge in [0.2, 0.25) is 11.8 Å². The van der Waals surface area contributed by atoms with E-state index in [4.69, 9.17) is 17.0 Å². The predicted octanol–water partition coefficient (Wildman–Crippen LogP) is 4.04. The highest BCUT2D eigenvalue weighted by molar-refractivity contribution is 7.80. The molecule has 2 rings (SSSR count). The lowest BCUT2D eigenvalue weighted by atomic mass is 10.3. The number of nitrogens with zero attached hydrogens (tertiary/aromatic N) is 1. The fraction of sp³-hybridized carbons (Fsp3) is 0.235. The monoisotopic (exact) mass is 331 g/mol. The minimum atomic E-state index is -0.230. The summed E-state index contributed by atoms with van der Waals surface area (Å²) in [5.74, 6) is 0.837. The molecule has 1 aromatic carbocycles. The van der Waals surface area contributed by atoms with Crippen LogP contribution in [0.3, 0.4) is 0 Å². The molecule has 0 aliphatic rings. The van der Waals surface area contributed by atoms with E-state index in [-0.39, 0.29) is 11.0 Å². The van der Waals surface area contributed by atoms with E-state index in [0.29, 0.717) is 17.3 Å². The number of aromatic nitrogens is 1. The normalized spacial score (nSPS) is 9.22. The van der Waals surface area contributed by atoms with Crippen molar-refractivity contribution in [1.82, 2.24) is 10.3 Å². The molecular formula is C17H21N3O2S. The molecule has 0 unspecified atom stereocenters. The number of ether oxygens (including phenoxy) is 1. The van der Waals surface area contributed by atoms with Gasteiger partial charge in [-0.25, -0.2) is 4.98 Å². The molecule has 1 amide bonds. The molecule has 0 atom stereocenters. The number of para-hydroxylation sites is 2. The maximum Gasteiger partial charge on any atom is 0.222 e. The molecule has 0 radical (unpaired) electrons. The van der Waals surface area contributed by atoms with E-state index in [1.165, 1.54) is 6.92 Å². The molecule has 0 fully saturated rings. The Bertz CT molecular complexity index is 674. The smallest absolute Gasteiger partial charge is 0.222 e. The highest BCUT2D eigenvalue weighted by Crippen LogP contribution is 2.28. The number of thiocarbonyl (C=S) groups is 1. The number of anilines is 1. The van der Waals surface area contributed by atoms with Crippen molar-refractivity contribution in [3.63, 3.8) is 0 Å². The number of nitrogens with one attached hydrogen (secondary N) is 2. The Kier molecular flexibility index (Phi) is 7.70. The lowest BCUT2D eigenvalue weighted by Crippen LogP contribution is -2.32. The molecular weight excluding hydrogens is 310 g/mol. The molecule has 23 heavy (non-hydrogen) atoms. The third-order valence-electron chi connectivity index (χ3n) is 2.53. The Balaban J connectivity index is 0.00000127. The van der Waals surface area contributed by atoms with Crippen molar-refractivity contribution in [2.75, 3.05) is 5.32 Å². The summed E-state index contributed by atoms with van der Waals surface area (Å²) < 4.78 is 5.75. The number of amides is 1. The van der Waals surface area contributed by atoms with E-state index >= 15 is 0 Å². The molecule has 5 nitrogen and oxygen atoms in total. The molecule has 1 heterocycles. The lowest BCUT2D eigenvalue weighted by molar-refractivity contribution is -0.117. The average Bonchev–Trinajstić information content (AvgIpc) is 2.50. The summed E-state index contributed by atoms with van der Waals surface area (Å²) in [6.07, 6.45) is 1.68. The van der Waals surface area contributed by atoms with Gasteiger partial charge < -0.3 is 15.4 Å². The topological polar surface area (TPSA) is 63.2 Å². The van der Waals surface area contributed by atoms with Crippen LogP contribution in [0.1, 0.15) is 26.3 Å². The van der Waals surface area contributed by atoms with Crippen LogP contribution in [0.15, 0.2) is 42.6 Å². The van der Waals surface area contributed by atoms with Gasteiger partial charge >= 0.3 is 0 Å². The minimum Gasteiger partial charge on any atom is -0.437 e. The van der Waals surface area contributed by atoms with Crippen molar-refractivity contribution in [2.45, 2.75) is 27.7 Å². The Labute approximate surface area is 142 Å². The molecule has 0 aliphatic carbocycles. The molecule has 0 saturated heterocycles. The van der Waals surface area contributed by atoms with E-state index in [1.807, 2.05) is 45.0 Å². The number of hydrogen-bond acceptors (Lipinski definition) is 4. The summed E-state index contributed by atoms with van der Waals surface area (Å²) in [5, 5.41) is 5.64. The number of hydrogen-bond donors (Lipinski definition) is 2. The lowest BCUT2D eigenvalue weighted by Gasteiger charge is -2.13. The zero-order valence-corrected chi connectivity index (χ0v) is 14.5. The van der Waals surface area contributed by atoms with E-state index in [9.17, 15) is 4.79 Å². The Morgan fingerprint density at radius 1 is 1.22 bits per heavy atom. The molecule has 0 spiro atoms. The molecule has 2 N–H and O–H groups in total. The first-order valence-electron chi connectivity index (χ1n) is 7.33. The molecule has 1 aromatic heterocycles. The molecule has 6 heteroatoms. The fourth-order valence-electron chi connectivity index (χ4n) is 1.65. The van der Waals surface area contributed by atoms with Crippen molar-refractivity contribution < 1.29 is 9.53 Å². The summed E-state index contributed by atoms with van der Waals surface area (Å²) in [4.78, 5) is 15.1. The average molecular weight is 331 g/mol. The molecule has 0 bridgehead atoms. The van der Waals surface area contributed by atoms with E-state index in [0.717, 1.165) is 5.56 Å². The number of rotatable bonds is 3. The van der Waals surface area contributed by atoms with Crippen molar-refractivity contribution in [3.05, 3.63) is 48.2 Å². The van der Waals surface area contributed by atoms with Gasteiger partial charge in [0.25, 0.3) is 0 Å². The quantitative estimate of drug-likeness (QED) is 0.831. The number of pyridine rings is 1. The van der Waals surface area contributed by atoms with Gasteiger partial charge in [-0.05, 0) is 42.9 Å². The summed E-state index contributed by atoms with van der Waals surface area (Å²) in [6.45, 7) is 7.36. The maximum absolute atomic E-state index is 11.0. The highest BCUT2D eigenvalue weighted by atomic mass is 32.1. The van der Waals surface area contributed by atoms with Gasteiger partial charge in [-0.2, -0.15) is 0 Å². The number of carbonyl (C=O) groups excluding carboxylic acids is 1. The van der Waals surface area contributed by atoms with Crippen molar-refractivity contribution >= 4 is 28.9 Å². The highest BCUT2D eigenvalue weighted by Gasteiger charge is 2.07. The van der Waals surface area contributed by atoms with Gasteiger partial charge in [-0.15, -0.1) is 0 Å². The second-order valence-electron chi connectivity index (χ2n) is 4.40.